The van der Waals surface area contributed by atoms with Gasteiger partial charge in [0.05, 0.1) is 6.04 Å². The lowest BCUT2D eigenvalue weighted by atomic mass is 10.1. The fourth-order valence-corrected chi connectivity index (χ4v) is 4.29. The fourth-order valence-electron chi connectivity index (χ4n) is 3.51. The number of rotatable bonds is 5. The quantitative estimate of drug-likeness (QED) is 0.573. The standard InChI is InChI=1S/C23H26N4O2S/c1-16-4-7-19(8-5-16)22-24-23(29-25-22)18(3)26-12-14-27(15-13-26)21(28)11-10-20-9-6-17(2)30-20/h4-11,18H,12-15H2,1-3H3/b11-10+. The summed E-state index contributed by atoms with van der Waals surface area (Å²) in [6, 6.07) is 12.2. The van der Waals surface area contributed by atoms with Crippen molar-refractivity contribution in [2.24, 2.45) is 0 Å². The van der Waals surface area contributed by atoms with Crippen LogP contribution in [0.25, 0.3) is 17.5 Å². The topological polar surface area (TPSA) is 62.5 Å². The van der Waals surface area contributed by atoms with Gasteiger partial charge in [0.15, 0.2) is 0 Å². The van der Waals surface area contributed by atoms with Gasteiger partial charge < -0.3 is 9.42 Å². The maximum atomic E-state index is 12.5. The van der Waals surface area contributed by atoms with Gasteiger partial charge in [-0.25, -0.2) is 0 Å². The SMILES string of the molecule is Cc1ccc(-c2noc(C(C)N3CCN(C(=O)/C=C/c4ccc(C)s4)CC3)n2)cc1. The minimum absolute atomic E-state index is 0.0126. The van der Waals surface area contributed by atoms with E-state index in [1.807, 2.05) is 41.3 Å². The Bertz CT molecular complexity index is 1030. The molecule has 0 spiro atoms. The molecule has 1 aliphatic rings. The number of piperazine rings is 1. The minimum atomic E-state index is 0.0126. The van der Waals surface area contributed by atoms with E-state index >= 15 is 0 Å². The number of hydrogen-bond donors (Lipinski definition) is 0. The summed E-state index contributed by atoms with van der Waals surface area (Å²) < 4.78 is 5.53. The third-order valence-corrected chi connectivity index (χ3v) is 6.40. The minimum Gasteiger partial charge on any atom is -0.337 e. The molecular formula is C23H26N4O2S. The van der Waals surface area contributed by atoms with Crippen LogP contribution in [0.2, 0.25) is 0 Å². The predicted molar refractivity (Wildman–Crippen MR) is 119 cm³/mol. The molecule has 156 valence electrons. The van der Waals surface area contributed by atoms with E-state index in [1.54, 1.807) is 17.4 Å². The highest BCUT2D eigenvalue weighted by molar-refractivity contribution is 7.12. The first-order valence-electron chi connectivity index (χ1n) is 10.2. The Balaban J connectivity index is 1.33. The van der Waals surface area contributed by atoms with E-state index in [4.69, 9.17) is 4.52 Å². The molecule has 30 heavy (non-hydrogen) atoms. The molecule has 0 aliphatic carbocycles. The summed E-state index contributed by atoms with van der Waals surface area (Å²) in [5, 5.41) is 4.14. The zero-order valence-electron chi connectivity index (χ0n) is 17.5. The Morgan fingerprint density at radius 1 is 1.10 bits per heavy atom. The highest BCUT2D eigenvalue weighted by Gasteiger charge is 2.27. The summed E-state index contributed by atoms with van der Waals surface area (Å²) in [4.78, 5) is 23.6. The Morgan fingerprint density at radius 2 is 1.83 bits per heavy atom. The van der Waals surface area contributed by atoms with Crippen molar-refractivity contribution in [3.8, 4) is 11.4 Å². The maximum absolute atomic E-state index is 12.5. The van der Waals surface area contributed by atoms with Crippen molar-refractivity contribution >= 4 is 23.3 Å². The molecule has 0 bridgehead atoms. The zero-order chi connectivity index (χ0) is 21.1. The average molecular weight is 423 g/mol. The number of carbonyl (C=O) groups is 1. The van der Waals surface area contributed by atoms with E-state index in [0.29, 0.717) is 24.8 Å². The molecule has 6 nitrogen and oxygen atoms in total. The summed E-state index contributed by atoms with van der Waals surface area (Å²) in [6.07, 6.45) is 3.58. The Morgan fingerprint density at radius 3 is 2.50 bits per heavy atom. The van der Waals surface area contributed by atoms with Gasteiger partial charge in [0.25, 0.3) is 0 Å². The number of aromatic nitrogens is 2. The Kier molecular flexibility index (Phi) is 6.11. The largest absolute Gasteiger partial charge is 0.337 e. The number of hydrogen-bond acceptors (Lipinski definition) is 6. The molecule has 1 aromatic carbocycles. The van der Waals surface area contributed by atoms with E-state index < -0.39 is 0 Å². The van der Waals surface area contributed by atoms with Crippen molar-refractivity contribution in [1.29, 1.82) is 0 Å². The molecule has 1 aliphatic heterocycles. The van der Waals surface area contributed by atoms with Crippen molar-refractivity contribution in [3.63, 3.8) is 0 Å². The van der Waals surface area contributed by atoms with Gasteiger partial charge >= 0.3 is 0 Å². The van der Waals surface area contributed by atoms with Crippen LogP contribution < -0.4 is 0 Å². The Hall–Kier alpha value is -2.77. The summed E-state index contributed by atoms with van der Waals surface area (Å²) in [6.45, 7) is 9.13. The van der Waals surface area contributed by atoms with Gasteiger partial charge in [0.1, 0.15) is 0 Å². The van der Waals surface area contributed by atoms with Crippen LogP contribution in [0.15, 0.2) is 47.0 Å². The second-order valence-corrected chi connectivity index (χ2v) is 8.96. The van der Waals surface area contributed by atoms with Crippen molar-refractivity contribution < 1.29 is 9.32 Å². The molecule has 4 rings (SSSR count). The van der Waals surface area contributed by atoms with Crippen LogP contribution in [-0.4, -0.2) is 52.0 Å². The van der Waals surface area contributed by atoms with Crippen molar-refractivity contribution in [3.05, 3.63) is 63.7 Å². The number of carbonyl (C=O) groups excluding carboxylic acids is 1. The van der Waals surface area contributed by atoms with E-state index in [-0.39, 0.29) is 11.9 Å². The summed E-state index contributed by atoms with van der Waals surface area (Å²) in [7, 11) is 0. The van der Waals surface area contributed by atoms with Crippen LogP contribution in [0.1, 0.15) is 34.2 Å². The van der Waals surface area contributed by atoms with Gasteiger partial charge in [-0.15, -0.1) is 11.3 Å². The average Bonchev–Trinajstić information content (AvgIpc) is 3.41. The van der Waals surface area contributed by atoms with Gasteiger partial charge in [-0.1, -0.05) is 35.0 Å². The van der Waals surface area contributed by atoms with Crippen molar-refractivity contribution in [1.82, 2.24) is 19.9 Å². The molecule has 1 amide bonds. The molecule has 1 fully saturated rings. The van der Waals surface area contributed by atoms with Crippen molar-refractivity contribution in [2.75, 3.05) is 26.2 Å². The molecule has 3 heterocycles. The van der Waals surface area contributed by atoms with Gasteiger partial charge in [0.2, 0.25) is 17.6 Å². The number of aryl methyl sites for hydroxylation is 2. The second kappa shape index (κ2) is 8.93. The third kappa shape index (κ3) is 4.68. The lowest BCUT2D eigenvalue weighted by Crippen LogP contribution is -2.48. The maximum Gasteiger partial charge on any atom is 0.246 e. The number of thiophene rings is 1. The third-order valence-electron chi connectivity index (χ3n) is 5.43. The first kappa shape index (κ1) is 20.5. The van der Waals surface area contributed by atoms with Gasteiger partial charge in [-0.2, -0.15) is 4.98 Å². The second-order valence-electron chi connectivity index (χ2n) is 7.64. The van der Waals surface area contributed by atoms with E-state index in [1.165, 1.54) is 10.4 Å². The first-order chi connectivity index (χ1) is 14.5. The fraction of sp³-hybridized carbons (Fsp3) is 0.348. The number of benzene rings is 1. The molecule has 0 saturated carbocycles. The van der Waals surface area contributed by atoms with Gasteiger partial charge in [0, 0.05) is 47.6 Å². The first-order valence-corrected chi connectivity index (χ1v) is 11.0. The van der Waals surface area contributed by atoms with Crippen LogP contribution >= 0.6 is 11.3 Å². The van der Waals surface area contributed by atoms with Crippen LogP contribution in [-0.2, 0) is 4.79 Å². The van der Waals surface area contributed by atoms with E-state index in [0.717, 1.165) is 23.5 Å². The zero-order valence-corrected chi connectivity index (χ0v) is 18.4. The Labute approximate surface area is 180 Å². The normalized spacial score (nSPS) is 16.3. The molecule has 2 aromatic heterocycles. The molecular weight excluding hydrogens is 396 g/mol. The number of nitrogens with zero attached hydrogens (tertiary/aromatic N) is 4. The molecule has 0 N–H and O–H groups in total. The monoisotopic (exact) mass is 422 g/mol. The van der Waals surface area contributed by atoms with Crippen LogP contribution in [0, 0.1) is 13.8 Å². The molecule has 7 heteroatoms. The lowest BCUT2D eigenvalue weighted by molar-refractivity contribution is -0.128. The predicted octanol–water partition coefficient (Wildman–Crippen LogP) is 4.33. The highest BCUT2D eigenvalue weighted by Crippen LogP contribution is 2.24. The molecule has 1 saturated heterocycles. The molecule has 3 aromatic rings. The number of amides is 1. The molecule has 1 unspecified atom stereocenters. The van der Waals surface area contributed by atoms with E-state index in [9.17, 15) is 4.79 Å². The van der Waals surface area contributed by atoms with Crippen molar-refractivity contribution in [2.45, 2.75) is 26.8 Å². The molecule has 0 radical (unpaired) electrons. The van der Waals surface area contributed by atoms with Crippen LogP contribution in [0.5, 0.6) is 0 Å². The highest BCUT2D eigenvalue weighted by atomic mass is 32.1. The van der Waals surface area contributed by atoms with Gasteiger partial charge in [-0.3, -0.25) is 9.69 Å². The van der Waals surface area contributed by atoms with E-state index in [2.05, 4.69) is 41.9 Å². The lowest BCUT2D eigenvalue weighted by Gasteiger charge is -2.36. The summed E-state index contributed by atoms with van der Waals surface area (Å²) in [5.41, 5.74) is 2.15. The summed E-state index contributed by atoms with van der Waals surface area (Å²) >= 11 is 1.69. The van der Waals surface area contributed by atoms with Crippen LogP contribution in [0.4, 0.5) is 0 Å². The smallest absolute Gasteiger partial charge is 0.246 e. The summed E-state index contributed by atoms with van der Waals surface area (Å²) in [5.74, 6) is 1.28. The van der Waals surface area contributed by atoms with Gasteiger partial charge in [-0.05, 0) is 39.0 Å². The van der Waals surface area contributed by atoms with Crippen LogP contribution in [0.3, 0.4) is 0 Å². The molecule has 1 atom stereocenters.